The van der Waals surface area contributed by atoms with Crippen LogP contribution >= 0.6 is 0 Å². The first-order valence-corrected chi connectivity index (χ1v) is 9.11. The molecule has 0 saturated carbocycles. The van der Waals surface area contributed by atoms with Crippen molar-refractivity contribution in [3.05, 3.63) is 72.1 Å². The van der Waals surface area contributed by atoms with Crippen molar-refractivity contribution in [3.8, 4) is 0 Å². The van der Waals surface area contributed by atoms with E-state index >= 15 is 0 Å². The normalized spacial score (nSPS) is 14.0. The largest absolute Gasteiger partial charge is 0.347 e. The van der Waals surface area contributed by atoms with Crippen LogP contribution in [0.5, 0.6) is 0 Å². The van der Waals surface area contributed by atoms with Gasteiger partial charge < -0.3 is 9.13 Å². The van der Waals surface area contributed by atoms with E-state index in [1.807, 2.05) is 52.2 Å². The smallest absolute Gasteiger partial charge is 0.150 e. The molecule has 2 aromatic carbocycles. The van der Waals surface area contributed by atoms with E-state index < -0.39 is 0 Å². The molecule has 2 atom stereocenters. The number of Topliss-reactive ketones (excluding diaryl/α,β-unsaturated/α-hetero) is 1. The molecule has 3 heteroatoms. The molecule has 4 aromatic rings. The van der Waals surface area contributed by atoms with Crippen LogP contribution in [0.15, 0.2) is 60.7 Å². The first-order valence-electron chi connectivity index (χ1n) is 9.11. The zero-order valence-corrected chi connectivity index (χ0v) is 15.7. The SMILES string of the molecule is CC(C(=O)C(C)c1cc2ccccc2n1C)c1cc2ccccc2n1C. The molecule has 132 valence electrons. The molecule has 3 nitrogen and oxygen atoms in total. The summed E-state index contributed by atoms with van der Waals surface area (Å²) in [5.74, 6) is -0.0531. The van der Waals surface area contributed by atoms with Gasteiger partial charge in [-0.1, -0.05) is 36.4 Å². The summed E-state index contributed by atoms with van der Waals surface area (Å²) in [6.07, 6.45) is 0. The predicted octanol–water partition coefficient (Wildman–Crippen LogP) is 5.15. The summed E-state index contributed by atoms with van der Waals surface area (Å²) in [6, 6.07) is 20.8. The Hall–Kier alpha value is -2.81. The third-order valence-corrected chi connectivity index (χ3v) is 5.72. The van der Waals surface area contributed by atoms with Gasteiger partial charge in [0.1, 0.15) is 5.78 Å². The van der Waals surface area contributed by atoms with E-state index in [1.54, 1.807) is 0 Å². The van der Waals surface area contributed by atoms with Crippen LogP contribution in [0.3, 0.4) is 0 Å². The number of rotatable bonds is 4. The van der Waals surface area contributed by atoms with Crippen molar-refractivity contribution in [1.29, 1.82) is 0 Å². The van der Waals surface area contributed by atoms with Crippen LogP contribution in [0.1, 0.15) is 37.1 Å². The first-order chi connectivity index (χ1) is 12.5. The van der Waals surface area contributed by atoms with Gasteiger partial charge in [-0.3, -0.25) is 4.79 Å². The number of carbonyl (C=O) groups is 1. The number of aromatic nitrogens is 2. The Balaban J connectivity index is 1.71. The van der Waals surface area contributed by atoms with Gasteiger partial charge in [0, 0.05) is 36.5 Å². The molecule has 0 aliphatic carbocycles. The number of benzene rings is 2. The average molecular weight is 344 g/mol. The van der Waals surface area contributed by atoms with Gasteiger partial charge >= 0.3 is 0 Å². The second kappa shape index (κ2) is 6.17. The Morgan fingerprint density at radius 3 is 1.50 bits per heavy atom. The van der Waals surface area contributed by atoms with Gasteiger partial charge in [0.05, 0.1) is 11.8 Å². The number of aryl methyl sites for hydroxylation is 2. The van der Waals surface area contributed by atoms with Crippen LogP contribution in [-0.2, 0) is 18.9 Å². The van der Waals surface area contributed by atoms with Crippen LogP contribution in [0, 0.1) is 0 Å². The van der Waals surface area contributed by atoms with Crippen molar-refractivity contribution in [2.75, 3.05) is 0 Å². The Labute approximate surface area is 153 Å². The van der Waals surface area contributed by atoms with Gasteiger partial charge in [-0.15, -0.1) is 0 Å². The predicted molar refractivity (Wildman–Crippen MR) is 108 cm³/mol. The number of hydrogen-bond donors (Lipinski definition) is 0. The van der Waals surface area contributed by atoms with E-state index in [0.29, 0.717) is 0 Å². The number of nitrogens with zero attached hydrogens (tertiary/aromatic N) is 2. The molecule has 4 rings (SSSR count). The fourth-order valence-corrected chi connectivity index (χ4v) is 4.12. The van der Waals surface area contributed by atoms with Crippen molar-refractivity contribution in [2.45, 2.75) is 25.7 Å². The van der Waals surface area contributed by atoms with Crippen LogP contribution < -0.4 is 0 Å². The zero-order valence-electron chi connectivity index (χ0n) is 15.7. The lowest BCUT2D eigenvalue weighted by Gasteiger charge is -2.18. The highest BCUT2D eigenvalue weighted by atomic mass is 16.1. The Morgan fingerprint density at radius 2 is 1.12 bits per heavy atom. The molecule has 0 N–H and O–H groups in total. The van der Waals surface area contributed by atoms with E-state index in [-0.39, 0.29) is 17.6 Å². The quantitative estimate of drug-likeness (QED) is 0.503. The highest BCUT2D eigenvalue weighted by Gasteiger charge is 2.27. The average Bonchev–Trinajstić information content (AvgIpc) is 3.18. The monoisotopic (exact) mass is 344 g/mol. The second-order valence-corrected chi connectivity index (χ2v) is 7.22. The summed E-state index contributed by atoms with van der Waals surface area (Å²) in [6.45, 7) is 4.05. The minimum atomic E-state index is -0.152. The molecule has 2 unspecified atom stereocenters. The Morgan fingerprint density at radius 1 is 0.731 bits per heavy atom. The minimum absolute atomic E-state index is 0.152. The third kappa shape index (κ3) is 2.47. The maximum Gasteiger partial charge on any atom is 0.150 e. The standard InChI is InChI=1S/C23H24N2O/c1-15(21-13-17-9-5-7-11-19(17)24(21)3)23(26)16(2)22-14-18-10-6-8-12-20(18)25(22)4/h5-16H,1-4H3. The van der Waals surface area contributed by atoms with Gasteiger partial charge in [-0.25, -0.2) is 0 Å². The summed E-state index contributed by atoms with van der Waals surface area (Å²) in [5.41, 5.74) is 4.47. The zero-order chi connectivity index (χ0) is 18.4. The molecule has 0 radical (unpaired) electrons. The molecule has 0 aliphatic rings. The fourth-order valence-electron chi connectivity index (χ4n) is 4.12. The molecular weight excluding hydrogens is 320 g/mol. The van der Waals surface area contributed by atoms with Crippen molar-refractivity contribution >= 4 is 27.6 Å². The topological polar surface area (TPSA) is 26.9 Å². The molecule has 26 heavy (non-hydrogen) atoms. The summed E-state index contributed by atoms with van der Waals surface area (Å²) in [4.78, 5) is 13.3. The van der Waals surface area contributed by atoms with Gasteiger partial charge in [0.2, 0.25) is 0 Å². The number of carbonyl (C=O) groups excluding carboxylic acids is 1. The van der Waals surface area contributed by atoms with Crippen molar-refractivity contribution in [1.82, 2.24) is 9.13 Å². The molecular formula is C23H24N2O. The summed E-state index contributed by atoms with van der Waals surface area (Å²) in [7, 11) is 4.09. The van der Waals surface area contributed by atoms with E-state index in [9.17, 15) is 4.79 Å². The van der Waals surface area contributed by atoms with Gasteiger partial charge in [0.15, 0.2) is 0 Å². The number of para-hydroxylation sites is 2. The fraction of sp³-hybridized carbons (Fsp3) is 0.261. The Kier molecular flexibility index (Phi) is 3.95. The number of fused-ring (bicyclic) bond motifs is 2. The molecule has 0 fully saturated rings. The van der Waals surface area contributed by atoms with Crippen LogP contribution in [-0.4, -0.2) is 14.9 Å². The van der Waals surface area contributed by atoms with E-state index in [1.165, 1.54) is 21.8 Å². The molecule has 0 bridgehead atoms. The third-order valence-electron chi connectivity index (χ3n) is 5.72. The van der Waals surface area contributed by atoms with E-state index in [4.69, 9.17) is 0 Å². The van der Waals surface area contributed by atoms with E-state index in [0.717, 1.165) is 11.4 Å². The highest BCUT2D eigenvalue weighted by molar-refractivity contribution is 5.94. The van der Waals surface area contributed by atoms with Crippen molar-refractivity contribution in [2.24, 2.45) is 14.1 Å². The van der Waals surface area contributed by atoms with Gasteiger partial charge in [-0.05, 0) is 48.9 Å². The van der Waals surface area contributed by atoms with Crippen LogP contribution in [0.4, 0.5) is 0 Å². The lowest BCUT2D eigenvalue weighted by Crippen LogP contribution is -2.20. The summed E-state index contributed by atoms with van der Waals surface area (Å²) in [5, 5.41) is 2.36. The minimum Gasteiger partial charge on any atom is -0.347 e. The Bertz CT molecular complexity index is 1030. The molecule has 0 amide bonds. The summed E-state index contributed by atoms with van der Waals surface area (Å²) < 4.78 is 4.29. The number of hydrogen-bond acceptors (Lipinski definition) is 1. The summed E-state index contributed by atoms with van der Waals surface area (Å²) >= 11 is 0. The molecule has 0 aliphatic heterocycles. The molecule has 2 heterocycles. The van der Waals surface area contributed by atoms with E-state index in [2.05, 4.69) is 45.5 Å². The maximum atomic E-state index is 13.3. The number of ketones is 1. The van der Waals surface area contributed by atoms with Crippen LogP contribution in [0.25, 0.3) is 21.8 Å². The highest BCUT2D eigenvalue weighted by Crippen LogP contribution is 2.31. The van der Waals surface area contributed by atoms with Gasteiger partial charge in [0.25, 0.3) is 0 Å². The first kappa shape index (κ1) is 16.6. The lowest BCUT2D eigenvalue weighted by atomic mass is 9.90. The lowest BCUT2D eigenvalue weighted by molar-refractivity contribution is -0.121. The van der Waals surface area contributed by atoms with Gasteiger partial charge in [-0.2, -0.15) is 0 Å². The molecule has 0 saturated heterocycles. The molecule has 0 spiro atoms. The van der Waals surface area contributed by atoms with Crippen molar-refractivity contribution < 1.29 is 4.79 Å². The van der Waals surface area contributed by atoms with Crippen molar-refractivity contribution in [3.63, 3.8) is 0 Å². The molecule has 2 aromatic heterocycles. The maximum absolute atomic E-state index is 13.3. The van der Waals surface area contributed by atoms with Crippen LogP contribution in [0.2, 0.25) is 0 Å². The second-order valence-electron chi connectivity index (χ2n) is 7.22.